The van der Waals surface area contributed by atoms with E-state index in [2.05, 4.69) is 5.32 Å². The van der Waals surface area contributed by atoms with E-state index in [1.54, 1.807) is 0 Å². The Morgan fingerprint density at radius 2 is 2.10 bits per heavy atom. The number of halogens is 1. The van der Waals surface area contributed by atoms with Gasteiger partial charge in [0, 0.05) is 12.1 Å². The third-order valence-corrected chi connectivity index (χ3v) is 2.91. The molecule has 1 rings (SSSR count). The maximum atomic E-state index is 11.8. The molecule has 114 valence electrons. The van der Waals surface area contributed by atoms with Crippen molar-refractivity contribution in [1.82, 2.24) is 5.32 Å². The Hall–Kier alpha value is -1.26. The van der Waals surface area contributed by atoms with Gasteiger partial charge in [0.2, 0.25) is 5.91 Å². The van der Waals surface area contributed by atoms with E-state index >= 15 is 0 Å². The molecule has 0 aliphatic carbocycles. The molecule has 1 aromatic rings. The van der Waals surface area contributed by atoms with Crippen LogP contribution < -0.4 is 15.8 Å². The molecule has 4 nitrogen and oxygen atoms in total. The molecule has 3 N–H and O–H groups in total. The molecule has 0 spiro atoms. The molecule has 0 aliphatic heterocycles. The molecular formula is C15H25ClN2O2. The van der Waals surface area contributed by atoms with Crippen molar-refractivity contribution in [2.45, 2.75) is 46.2 Å². The molecule has 0 bridgehead atoms. The Morgan fingerprint density at radius 3 is 2.70 bits per heavy atom. The molecule has 0 heterocycles. The highest BCUT2D eigenvalue weighted by molar-refractivity contribution is 5.85. The summed E-state index contributed by atoms with van der Waals surface area (Å²) in [6, 6.07) is 5.55. The van der Waals surface area contributed by atoms with Gasteiger partial charge in [-0.15, -0.1) is 12.4 Å². The van der Waals surface area contributed by atoms with Gasteiger partial charge >= 0.3 is 0 Å². The van der Waals surface area contributed by atoms with Crippen molar-refractivity contribution in [2.75, 3.05) is 6.61 Å². The smallest absolute Gasteiger partial charge is 0.237 e. The van der Waals surface area contributed by atoms with Gasteiger partial charge in [-0.1, -0.05) is 25.5 Å². The van der Waals surface area contributed by atoms with Crippen LogP contribution in [0.25, 0.3) is 0 Å². The average Bonchev–Trinajstić information content (AvgIpc) is 2.38. The topological polar surface area (TPSA) is 64.4 Å². The third-order valence-electron chi connectivity index (χ3n) is 2.91. The number of ether oxygens (including phenoxy) is 1. The van der Waals surface area contributed by atoms with Crippen LogP contribution in [0.1, 0.15) is 37.8 Å². The Kier molecular flexibility index (Phi) is 9.01. The van der Waals surface area contributed by atoms with Crippen molar-refractivity contribution in [3.63, 3.8) is 0 Å². The van der Waals surface area contributed by atoms with E-state index < -0.39 is 6.04 Å². The lowest BCUT2D eigenvalue weighted by molar-refractivity contribution is -0.122. The maximum Gasteiger partial charge on any atom is 0.237 e. The zero-order valence-electron chi connectivity index (χ0n) is 12.4. The molecule has 0 fully saturated rings. The van der Waals surface area contributed by atoms with Crippen molar-refractivity contribution < 1.29 is 9.53 Å². The minimum Gasteiger partial charge on any atom is -0.494 e. The minimum atomic E-state index is -0.425. The van der Waals surface area contributed by atoms with E-state index in [4.69, 9.17) is 10.5 Å². The number of benzene rings is 1. The second-order valence-corrected chi connectivity index (χ2v) is 4.66. The Morgan fingerprint density at radius 1 is 1.40 bits per heavy atom. The summed E-state index contributed by atoms with van der Waals surface area (Å²) in [5, 5.41) is 2.86. The summed E-state index contributed by atoms with van der Waals surface area (Å²) in [5.41, 5.74) is 7.89. The molecule has 0 aromatic heterocycles. The molecule has 1 unspecified atom stereocenters. The fourth-order valence-corrected chi connectivity index (χ4v) is 1.85. The average molecular weight is 301 g/mol. The van der Waals surface area contributed by atoms with Crippen LogP contribution in [-0.4, -0.2) is 18.6 Å². The zero-order chi connectivity index (χ0) is 14.3. The summed E-state index contributed by atoms with van der Waals surface area (Å²) in [7, 11) is 0. The molecule has 1 aromatic carbocycles. The van der Waals surface area contributed by atoms with Crippen molar-refractivity contribution in [3.8, 4) is 5.75 Å². The van der Waals surface area contributed by atoms with Crippen LogP contribution in [0.2, 0.25) is 0 Å². The van der Waals surface area contributed by atoms with Crippen molar-refractivity contribution >= 4 is 18.3 Å². The Balaban J connectivity index is 0.00000361. The number of carbonyl (C=O) groups excluding carboxylic acids is 1. The molecule has 5 heteroatoms. The number of nitrogens with two attached hydrogens (primary N) is 1. The van der Waals surface area contributed by atoms with Gasteiger partial charge in [-0.05, 0) is 31.9 Å². The predicted molar refractivity (Wildman–Crippen MR) is 84.3 cm³/mol. The normalized spacial score (nSPS) is 11.4. The quantitative estimate of drug-likeness (QED) is 0.813. The van der Waals surface area contributed by atoms with Gasteiger partial charge in [-0.2, -0.15) is 0 Å². The van der Waals surface area contributed by atoms with Crippen molar-refractivity contribution in [1.29, 1.82) is 0 Å². The van der Waals surface area contributed by atoms with Gasteiger partial charge in [0.25, 0.3) is 0 Å². The highest BCUT2D eigenvalue weighted by Gasteiger charge is 2.12. The molecule has 1 atom stereocenters. The van der Waals surface area contributed by atoms with Crippen LogP contribution in [-0.2, 0) is 11.3 Å². The lowest BCUT2D eigenvalue weighted by Crippen LogP contribution is -2.40. The fourth-order valence-electron chi connectivity index (χ4n) is 1.85. The second kappa shape index (κ2) is 9.61. The fraction of sp³-hybridized carbons (Fsp3) is 0.533. The summed E-state index contributed by atoms with van der Waals surface area (Å²) >= 11 is 0. The van der Waals surface area contributed by atoms with E-state index in [0.29, 0.717) is 19.6 Å². The van der Waals surface area contributed by atoms with Crippen LogP contribution in [0.5, 0.6) is 5.75 Å². The summed E-state index contributed by atoms with van der Waals surface area (Å²) < 4.78 is 5.58. The molecule has 1 amide bonds. The molecule has 0 saturated heterocycles. The largest absolute Gasteiger partial charge is 0.494 e. The van der Waals surface area contributed by atoms with Crippen LogP contribution in [0.3, 0.4) is 0 Å². The zero-order valence-corrected chi connectivity index (χ0v) is 13.3. The maximum absolute atomic E-state index is 11.8. The summed E-state index contributed by atoms with van der Waals surface area (Å²) in [6.45, 7) is 7.04. The minimum absolute atomic E-state index is 0. The summed E-state index contributed by atoms with van der Waals surface area (Å²) in [5.74, 6) is 0.719. The lowest BCUT2D eigenvalue weighted by Gasteiger charge is -2.14. The first-order chi connectivity index (χ1) is 9.08. The number of hydrogen-bond acceptors (Lipinski definition) is 3. The molecule has 0 aliphatic rings. The number of hydrogen-bond donors (Lipinski definition) is 2. The summed E-state index contributed by atoms with van der Waals surface area (Å²) in [4.78, 5) is 11.8. The number of nitrogens with one attached hydrogen (secondary N) is 1. The van der Waals surface area contributed by atoms with Crippen molar-refractivity contribution in [3.05, 3.63) is 29.3 Å². The first kappa shape index (κ1) is 18.7. The number of aryl methyl sites for hydroxylation is 1. The van der Waals surface area contributed by atoms with Gasteiger partial charge in [0.15, 0.2) is 0 Å². The van der Waals surface area contributed by atoms with E-state index in [9.17, 15) is 4.79 Å². The molecule has 20 heavy (non-hydrogen) atoms. The monoisotopic (exact) mass is 300 g/mol. The van der Waals surface area contributed by atoms with Gasteiger partial charge < -0.3 is 15.8 Å². The molecular weight excluding hydrogens is 276 g/mol. The first-order valence-electron chi connectivity index (χ1n) is 6.84. The summed E-state index contributed by atoms with van der Waals surface area (Å²) in [6.07, 6.45) is 1.61. The van der Waals surface area contributed by atoms with Crippen LogP contribution in [0.4, 0.5) is 0 Å². The standard InChI is InChI=1S/C15H24N2O2.ClH/c1-4-6-13(16)15(18)17-10-12-8-7-11(3)9-14(12)19-5-2;/h7-9,13H,4-6,10,16H2,1-3H3,(H,17,18);1H. The SMILES string of the molecule is CCCC(N)C(=O)NCc1ccc(C)cc1OCC.Cl. The van der Waals surface area contributed by atoms with E-state index in [-0.39, 0.29) is 18.3 Å². The number of carbonyl (C=O) groups is 1. The van der Waals surface area contributed by atoms with Gasteiger partial charge in [0.1, 0.15) is 5.75 Å². The number of rotatable bonds is 7. The third kappa shape index (κ3) is 5.80. The van der Waals surface area contributed by atoms with Crippen molar-refractivity contribution in [2.24, 2.45) is 5.73 Å². The Labute approximate surface area is 127 Å². The first-order valence-corrected chi connectivity index (χ1v) is 6.84. The van der Waals surface area contributed by atoms with Crippen LogP contribution in [0, 0.1) is 6.92 Å². The van der Waals surface area contributed by atoms with Gasteiger partial charge in [-0.25, -0.2) is 0 Å². The highest BCUT2D eigenvalue weighted by Crippen LogP contribution is 2.20. The second-order valence-electron chi connectivity index (χ2n) is 4.66. The Bertz CT molecular complexity index is 424. The lowest BCUT2D eigenvalue weighted by atomic mass is 10.1. The van der Waals surface area contributed by atoms with Crippen LogP contribution >= 0.6 is 12.4 Å². The van der Waals surface area contributed by atoms with E-state index in [1.807, 2.05) is 39.0 Å². The predicted octanol–water partition coefficient (Wildman–Crippen LogP) is 2.56. The highest BCUT2D eigenvalue weighted by atomic mass is 35.5. The van der Waals surface area contributed by atoms with Crippen LogP contribution in [0.15, 0.2) is 18.2 Å². The van der Waals surface area contributed by atoms with Gasteiger partial charge in [0.05, 0.1) is 12.6 Å². The molecule has 0 saturated carbocycles. The molecule has 0 radical (unpaired) electrons. The van der Waals surface area contributed by atoms with E-state index in [0.717, 1.165) is 23.3 Å². The van der Waals surface area contributed by atoms with E-state index in [1.165, 1.54) is 0 Å². The number of amides is 1. The van der Waals surface area contributed by atoms with Gasteiger partial charge in [-0.3, -0.25) is 4.79 Å².